The van der Waals surface area contributed by atoms with E-state index in [1.807, 2.05) is 25.7 Å². The number of aromatic nitrogens is 2. The number of aliphatic hydroxyl groups is 1. The van der Waals surface area contributed by atoms with Crippen LogP contribution in [0, 0.1) is 34.3 Å². The minimum atomic E-state index is -0.801. The number of nitrogens with one attached hydrogen (secondary N) is 2. The predicted octanol–water partition coefficient (Wildman–Crippen LogP) is 12.0. The molecule has 4 aromatic rings. The van der Waals surface area contributed by atoms with Crippen LogP contribution < -0.4 is 15.0 Å². The average molecular weight is 809 g/mol. The van der Waals surface area contributed by atoms with Crippen molar-refractivity contribution in [3.05, 3.63) is 52.3 Å². The lowest BCUT2D eigenvalue weighted by molar-refractivity contribution is 0.0636. The summed E-state index contributed by atoms with van der Waals surface area (Å²) in [6.07, 6.45) is 5.47. The number of fused-ring (bicyclic) bond motifs is 4. The SMILES string of the molecule is CC.CC(=N)COc1nc(N2CCC(C)C2)nc2c(F)c(-c3c(F)ccc4sc(NC(=O)OC(C)(C)C)c(C#N)c34)c3c(c12)COC3.CC/C=C(\C)O.CCCC. The third-order valence-corrected chi connectivity index (χ3v) is 9.74. The highest BCUT2D eigenvalue weighted by Crippen LogP contribution is 2.48. The van der Waals surface area contributed by atoms with Gasteiger partial charge in [0.25, 0.3) is 0 Å². The van der Waals surface area contributed by atoms with Gasteiger partial charge in [0, 0.05) is 40.0 Å². The van der Waals surface area contributed by atoms with Crippen molar-refractivity contribution in [3.63, 3.8) is 0 Å². The molecule has 0 radical (unpaired) electrons. The number of allylic oxidation sites excluding steroid dienone is 2. The van der Waals surface area contributed by atoms with E-state index in [1.54, 1.807) is 40.7 Å². The second kappa shape index (κ2) is 21.0. The molecule has 3 N–H and O–H groups in total. The van der Waals surface area contributed by atoms with Gasteiger partial charge >= 0.3 is 6.09 Å². The van der Waals surface area contributed by atoms with Crippen molar-refractivity contribution in [2.45, 2.75) is 121 Å². The number of nitriles is 1. The van der Waals surface area contributed by atoms with E-state index in [-0.39, 0.29) is 70.0 Å². The normalized spacial score (nSPS) is 14.7. The third kappa shape index (κ3) is 11.6. The first-order valence-corrected chi connectivity index (χ1v) is 20.4. The zero-order chi connectivity index (χ0) is 42.6. The number of amides is 1. The number of ether oxygens (including phenoxy) is 3. The van der Waals surface area contributed by atoms with E-state index in [9.17, 15) is 10.1 Å². The molecular weight excluding hydrogens is 751 g/mol. The number of benzene rings is 2. The molecule has 0 aliphatic carbocycles. The van der Waals surface area contributed by atoms with Crippen molar-refractivity contribution in [1.29, 1.82) is 10.7 Å². The second-order valence-corrected chi connectivity index (χ2v) is 15.7. The number of unbranched alkanes of at least 4 members (excludes halogenated alkanes) is 1. The largest absolute Gasteiger partial charge is 0.513 e. The van der Waals surface area contributed by atoms with Crippen LogP contribution >= 0.6 is 11.3 Å². The van der Waals surface area contributed by atoms with Crippen LogP contribution in [0.15, 0.2) is 24.0 Å². The van der Waals surface area contributed by atoms with Gasteiger partial charge in [0.15, 0.2) is 5.82 Å². The van der Waals surface area contributed by atoms with Gasteiger partial charge in [0.2, 0.25) is 11.8 Å². The zero-order valence-corrected chi connectivity index (χ0v) is 36.0. The van der Waals surface area contributed by atoms with Crippen LogP contribution in [0.25, 0.3) is 32.1 Å². The molecule has 4 heterocycles. The van der Waals surface area contributed by atoms with E-state index in [2.05, 4.69) is 42.1 Å². The minimum Gasteiger partial charge on any atom is -0.513 e. The van der Waals surface area contributed by atoms with Crippen LogP contribution in [0.2, 0.25) is 0 Å². The Balaban J connectivity index is 0.000000640. The summed E-state index contributed by atoms with van der Waals surface area (Å²) in [6.45, 7) is 22.2. The fraction of sp³-hybridized carbons (Fsp3) is 0.512. The van der Waals surface area contributed by atoms with E-state index in [0.29, 0.717) is 46.0 Å². The minimum absolute atomic E-state index is 0.0116. The molecule has 1 amide bonds. The molecule has 57 heavy (non-hydrogen) atoms. The maximum atomic E-state index is 17.1. The highest BCUT2D eigenvalue weighted by molar-refractivity contribution is 7.23. The lowest BCUT2D eigenvalue weighted by atomic mass is 9.90. The average Bonchev–Trinajstić information content (AvgIpc) is 3.90. The zero-order valence-electron chi connectivity index (χ0n) is 35.2. The lowest BCUT2D eigenvalue weighted by Crippen LogP contribution is -2.27. The number of hydrogen-bond acceptors (Lipinski definition) is 11. The molecule has 2 aromatic heterocycles. The smallest absolute Gasteiger partial charge is 0.412 e. The summed E-state index contributed by atoms with van der Waals surface area (Å²) in [5, 5.41) is 29.8. The van der Waals surface area contributed by atoms with Gasteiger partial charge in [-0.15, -0.1) is 11.3 Å². The van der Waals surface area contributed by atoms with Gasteiger partial charge in [-0.25, -0.2) is 18.6 Å². The Morgan fingerprint density at radius 1 is 1.12 bits per heavy atom. The molecule has 1 unspecified atom stereocenters. The molecule has 1 atom stereocenters. The summed E-state index contributed by atoms with van der Waals surface area (Å²) < 4.78 is 50.7. The third-order valence-electron chi connectivity index (χ3n) is 8.67. The van der Waals surface area contributed by atoms with E-state index in [4.69, 9.17) is 24.7 Å². The Bertz CT molecular complexity index is 2120. The molecule has 2 aliphatic heterocycles. The number of carbonyl (C=O) groups excluding carboxylic acids is 1. The van der Waals surface area contributed by atoms with Gasteiger partial charge in [-0.3, -0.25) is 5.32 Å². The highest BCUT2D eigenvalue weighted by Gasteiger charge is 2.33. The van der Waals surface area contributed by atoms with Crippen LogP contribution in [0.4, 0.5) is 24.5 Å². The number of carbonyl (C=O) groups is 1. The summed E-state index contributed by atoms with van der Waals surface area (Å²) in [5.41, 5.74) is 0.165. The van der Waals surface area contributed by atoms with E-state index >= 15 is 8.78 Å². The fourth-order valence-corrected chi connectivity index (χ4v) is 7.13. The molecule has 11 nitrogen and oxygen atoms in total. The molecule has 6 rings (SSSR count). The van der Waals surface area contributed by atoms with Crippen molar-refractivity contribution in [1.82, 2.24) is 9.97 Å². The molecule has 0 spiro atoms. The van der Waals surface area contributed by atoms with Crippen LogP contribution in [0.1, 0.15) is 119 Å². The number of rotatable bonds is 8. The number of hydrogen-bond donors (Lipinski definition) is 3. The highest BCUT2D eigenvalue weighted by atomic mass is 32.1. The van der Waals surface area contributed by atoms with Gasteiger partial charge in [0.05, 0.1) is 29.9 Å². The maximum Gasteiger partial charge on any atom is 0.412 e. The number of thiophene rings is 1. The second-order valence-electron chi connectivity index (χ2n) is 14.7. The van der Waals surface area contributed by atoms with Crippen molar-refractivity contribution < 1.29 is 32.9 Å². The van der Waals surface area contributed by atoms with E-state index in [1.165, 1.54) is 25.0 Å². The van der Waals surface area contributed by atoms with Crippen LogP contribution in [0.5, 0.6) is 5.88 Å². The fourth-order valence-electron chi connectivity index (χ4n) is 6.08. The van der Waals surface area contributed by atoms with Gasteiger partial charge in [-0.05, 0) is 82.7 Å². The Morgan fingerprint density at radius 2 is 1.79 bits per heavy atom. The maximum absolute atomic E-state index is 17.1. The lowest BCUT2D eigenvalue weighted by Gasteiger charge is -2.21. The molecule has 310 valence electrons. The Labute approximate surface area is 339 Å². The quantitative estimate of drug-likeness (QED) is 0.117. The molecular formula is C43H58F2N6O5S. The molecule has 2 aromatic carbocycles. The number of anilines is 2. The van der Waals surface area contributed by atoms with E-state index in [0.717, 1.165) is 24.2 Å². The number of halogens is 2. The predicted molar refractivity (Wildman–Crippen MR) is 227 cm³/mol. The van der Waals surface area contributed by atoms with Crippen molar-refractivity contribution in [3.8, 4) is 23.1 Å². The summed E-state index contributed by atoms with van der Waals surface area (Å²) in [5.74, 6) is -0.327. The Kier molecular flexibility index (Phi) is 17.2. The van der Waals surface area contributed by atoms with Crippen LogP contribution in [0.3, 0.4) is 0 Å². The Hall–Kier alpha value is -4.87. The molecule has 2 aliphatic rings. The first-order chi connectivity index (χ1) is 27.0. The van der Waals surface area contributed by atoms with Gasteiger partial charge < -0.3 is 29.6 Å². The van der Waals surface area contributed by atoms with Crippen LogP contribution in [-0.4, -0.2) is 52.2 Å². The first kappa shape index (κ1) is 46.5. The number of nitrogens with zero attached hydrogens (tertiary/aromatic N) is 4. The number of aliphatic hydroxyl groups excluding tert-OH is 1. The topological polar surface area (TPSA) is 154 Å². The molecule has 1 saturated heterocycles. The van der Waals surface area contributed by atoms with Crippen molar-refractivity contribution in [2.24, 2.45) is 5.92 Å². The van der Waals surface area contributed by atoms with Gasteiger partial charge in [-0.2, -0.15) is 10.2 Å². The summed E-state index contributed by atoms with van der Waals surface area (Å²) in [7, 11) is 0. The Morgan fingerprint density at radius 3 is 2.32 bits per heavy atom. The summed E-state index contributed by atoms with van der Waals surface area (Å²) in [6, 6.07) is 4.80. The molecule has 14 heteroatoms. The van der Waals surface area contributed by atoms with Gasteiger partial charge in [0.1, 0.15) is 34.6 Å². The van der Waals surface area contributed by atoms with E-state index < -0.39 is 23.3 Å². The van der Waals surface area contributed by atoms with Crippen molar-refractivity contribution >= 4 is 55.1 Å². The standard InChI is InChI=1S/C32H32F2N6O4S.C5H10O.C4H10.C2H6/c1-15-8-9-40(11-15)30-37-27-24(28(38-30)43-12-16(2)36)19-14-42-13-18(19)23(26(27)34)25-20(33)6-7-21-22(25)17(10-35)29(45-21)39-31(41)44-32(3,4)5;1-3-4-5(2)6;1-3-4-2;1-2/h6-7,15,36H,8-9,11-14H2,1-5H3,(H,39,41);4,6H,3H2,1-2H3;3-4H2,1-2H3;1-2H3/b;5-4+;;. The summed E-state index contributed by atoms with van der Waals surface area (Å²) >= 11 is 1.07. The molecule has 0 saturated carbocycles. The first-order valence-electron chi connectivity index (χ1n) is 19.6. The van der Waals surface area contributed by atoms with Crippen LogP contribution in [-0.2, 0) is 22.7 Å². The summed E-state index contributed by atoms with van der Waals surface area (Å²) in [4.78, 5) is 23.9. The monoisotopic (exact) mass is 808 g/mol. The van der Waals surface area contributed by atoms with Gasteiger partial charge in [-0.1, -0.05) is 54.4 Å². The molecule has 0 bridgehead atoms. The molecule has 1 fully saturated rings. The van der Waals surface area contributed by atoms with Crippen molar-refractivity contribution in [2.75, 3.05) is 29.9 Å².